The molecule has 3 aromatic heterocycles. The second-order valence-electron chi connectivity index (χ2n) is 4.17. The lowest BCUT2D eigenvalue weighted by Gasteiger charge is -2.04. The van der Waals surface area contributed by atoms with Crippen molar-refractivity contribution in [3.05, 3.63) is 42.6 Å². The summed E-state index contributed by atoms with van der Waals surface area (Å²) in [6.45, 7) is 1.94. The van der Waals surface area contributed by atoms with Crippen LogP contribution in [0.15, 0.2) is 36.9 Å². The summed E-state index contributed by atoms with van der Waals surface area (Å²) >= 11 is 0. The zero-order valence-corrected chi connectivity index (χ0v) is 10.6. The molecule has 0 amide bonds. The van der Waals surface area contributed by atoms with Crippen molar-refractivity contribution in [2.75, 3.05) is 5.32 Å². The van der Waals surface area contributed by atoms with Crippen LogP contribution in [-0.2, 0) is 7.05 Å². The maximum absolute atomic E-state index is 4.40. The van der Waals surface area contributed by atoms with Gasteiger partial charge in [0.15, 0.2) is 5.82 Å². The molecule has 0 saturated carbocycles. The lowest BCUT2D eigenvalue weighted by Crippen LogP contribution is -2.03. The molecule has 7 heteroatoms. The molecular weight excluding hydrogens is 242 g/mol. The Kier molecular flexibility index (Phi) is 2.71. The lowest BCUT2D eigenvalue weighted by molar-refractivity contribution is 0.768. The Balaban J connectivity index is 1.87. The molecule has 0 aromatic carbocycles. The summed E-state index contributed by atoms with van der Waals surface area (Å²) in [7, 11) is 1.86. The van der Waals surface area contributed by atoms with Gasteiger partial charge in [0.1, 0.15) is 0 Å². The minimum atomic E-state index is 0.513. The fourth-order valence-electron chi connectivity index (χ4n) is 1.69. The maximum atomic E-state index is 4.40. The van der Waals surface area contributed by atoms with E-state index in [4.69, 9.17) is 0 Å². The van der Waals surface area contributed by atoms with Gasteiger partial charge in [-0.15, -0.1) is 0 Å². The van der Waals surface area contributed by atoms with E-state index in [0.717, 1.165) is 17.2 Å². The molecule has 3 rings (SSSR count). The van der Waals surface area contributed by atoms with Crippen molar-refractivity contribution in [2.24, 2.45) is 7.05 Å². The monoisotopic (exact) mass is 255 g/mol. The van der Waals surface area contributed by atoms with Crippen molar-refractivity contribution in [3.63, 3.8) is 0 Å². The van der Waals surface area contributed by atoms with Gasteiger partial charge >= 0.3 is 0 Å². The molecule has 0 radical (unpaired) electrons. The molecule has 0 atom stereocenters. The van der Waals surface area contributed by atoms with Crippen molar-refractivity contribution < 1.29 is 0 Å². The molecule has 96 valence electrons. The highest BCUT2D eigenvalue weighted by Gasteiger charge is 2.04. The number of hydrogen-bond acceptors (Lipinski definition) is 5. The first-order chi connectivity index (χ1) is 9.20. The minimum absolute atomic E-state index is 0.513. The van der Waals surface area contributed by atoms with Crippen molar-refractivity contribution >= 4 is 11.6 Å². The van der Waals surface area contributed by atoms with Crippen molar-refractivity contribution in [1.82, 2.24) is 29.5 Å². The Morgan fingerprint density at radius 1 is 1.26 bits per heavy atom. The molecule has 0 aliphatic carbocycles. The van der Waals surface area contributed by atoms with Crippen LogP contribution in [-0.4, -0.2) is 29.5 Å². The Morgan fingerprint density at radius 2 is 2.16 bits per heavy atom. The highest BCUT2D eigenvalue weighted by atomic mass is 15.3. The Hall–Kier alpha value is -2.70. The van der Waals surface area contributed by atoms with E-state index < -0.39 is 0 Å². The molecule has 19 heavy (non-hydrogen) atoms. The zero-order chi connectivity index (χ0) is 13.2. The van der Waals surface area contributed by atoms with Crippen LogP contribution in [0.3, 0.4) is 0 Å². The first-order valence-electron chi connectivity index (χ1n) is 5.82. The summed E-state index contributed by atoms with van der Waals surface area (Å²) in [6.07, 6.45) is 7.13. The van der Waals surface area contributed by atoms with E-state index in [-0.39, 0.29) is 0 Å². The summed E-state index contributed by atoms with van der Waals surface area (Å²) in [5, 5.41) is 11.5. The van der Waals surface area contributed by atoms with Gasteiger partial charge in [0.2, 0.25) is 5.95 Å². The summed E-state index contributed by atoms with van der Waals surface area (Å²) in [6, 6.07) is 3.73. The molecule has 3 aromatic rings. The quantitative estimate of drug-likeness (QED) is 0.766. The van der Waals surface area contributed by atoms with Gasteiger partial charge in [-0.05, 0) is 13.0 Å². The third-order valence-electron chi connectivity index (χ3n) is 2.56. The summed E-state index contributed by atoms with van der Waals surface area (Å²) in [5.41, 5.74) is 1.79. The van der Waals surface area contributed by atoms with Crippen LogP contribution in [0, 0.1) is 6.92 Å². The van der Waals surface area contributed by atoms with Gasteiger partial charge in [0.05, 0.1) is 17.6 Å². The second-order valence-corrected chi connectivity index (χ2v) is 4.17. The summed E-state index contributed by atoms with van der Waals surface area (Å²) < 4.78 is 3.43. The topological polar surface area (TPSA) is 73.5 Å². The standard InChI is InChI=1S/C12H13N7/c1-9-4-6-19(17-9)11-3-5-13-12(16-11)15-10-7-14-18(2)8-10/h3-8H,1-2H3,(H,13,15,16). The SMILES string of the molecule is Cc1ccn(-c2ccnc(Nc3cnn(C)c3)n2)n1. The number of aryl methyl sites for hydroxylation is 2. The molecule has 0 saturated heterocycles. The molecule has 0 spiro atoms. The maximum Gasteiger partial charge on any atom is 0.229 e. The van der Waals surface area contributed by atoms with E-state index in [1.54, 1.807) is 27.8 Å². The van der Waals surface area contributed by atoms with E-state index in [9.17, 15) is 0 Å². The van der Waals surface area contributed by atoms with Crippen molar-refractivity contribution in [1.29, 1.82) is 0 Å². The van der Waals surface area contributed by atoms with E-state index in [1.165, 1.54) is 0 Å². The van der Waals surface area contributed by atoms with E-state index in [1.807, 2.05) is 32.4 Å². The first-order valence-corrected chi connectivity index (χ1v) is 5.82. The van der Waals surface area contributed by atoms with Gasteiger partial charge in [-0.2, -0.15) is 15.2 Å². The summed E-state index contributed by atoms with van der Waals surface area (Å²) in [4.78, 5) is 8.58. The van der Waals surface area contributed by atoms with Crippen LogP contribution in [0.4, 0.5) is 11.6 Å². The number of nitrogens with one attached hydrogen (secondary N) is 1. The van der Waals surface area contributed by atoms with E-state index in [0.29, 0.717) is 5.95 Å². The van der Waals surface area contributed by atoms with Crippen LogP contribution in [0.2, 0.25) is 0 Å². The first kappa shape index (κ1) is 11.4. The summed E-state index contributed by atoms with van der Waals surface area (Å²) in [5.74, 6) is 1.23. The molecule has 0 aliphatic heterocycles. The molecule has 0 fully saturated rings. The predicted molar refractivity (Wildman–Crippen MR) is 70.4 cm³/mol. The normalized spacial score (nSPS) is 10.6. The van der Waals surface area contributed by atoms with Crippen molar-refractivity contribution in [2.45, 2.75) is 6.92 Å². The third kappa shape index (κ3) is 2.44. The minimum Gasteiger partial charge on any atom is -0.321 e. The van der Waals surface area contributed by atoms with E-state index in [2.05, 4.69) is 25.5 Å². The lowest BCUT2D eigenvalue weighted by atomic mass is 10.5. The van der Waals surface area contributed by atoms with Gasteiger partial charge in [0.25, 0.3) is 0 Å². The third-order valence-corrected chi connectivity index (χ3v) is 2.56. The average molecular weight is 255 g/mol. The molecular formula is C12H13N7. The average Bonchev–Trinajstić information content (AvgIpc) is 2.99. The van der Waals surface area contributed by atoms with Crippen LogP contribution >= 0.6 is 0 Å². The van der Waals surface area contributed by atoms with Crippen LogP contribution in [0.1, 0.15) is 5.69 Å². The molecule has 1 N–H and O–H groups in total. The zero-order valence-electron chi connectivity index (χ0n) is 10.6. The fourth-order valence-corrected chi connectivity index (χ4v) is 1.69. The predicted octanol–water partition coefficient (Wildman–Crippen LogP) is 1.45. The van der Waals surface area contributed by atoms with Crippen molar-refractivity contribution in [3.8, 4) is 5.82 Å². The Labute approximate surface area is 109 Å². The molecule has 0 bridgehead atoms. The highest BCUT2D eigenvalue weighted by molar-refractivity contribution is 5.50. The van der Waals surface area contributed by atoms with Gasteiger partial charge in [-0.1, -0.05) is 0 Å². The van der Waals surface area contributed by atoms with E-state index >= 15 is 0 Å². The largest absolute Gasteiger partial charge is 0.321 e. The molecule has 7 nitrogen and oxygen atoms in total. The number of hydrogen-bond donors (Lipinski definition) is 1. The van der Waals surface area contributed by atoms with Crippen LogP contribution < -0.4 is 5.32 Å². The van der Waals surface area contributed by atoms with Gasteiger partial charge in [-0.3, -0.25) is 4.68 Å². The molecule has 0 aliphatic rings. The van der Waals surface area contributed by atoms with Crippen LogP contribution in [0.25, 0.3) is 5.82 Å². The fraction of sp³-hybridized carbons (Fsp3) is 0.167. The number of anilines is 2. The Bertz CT molecular complexity index is 697. The highest BCUT2D eigenvalue weighted by Crippen LogP contribution is 2.12. The number of nitrogens with zero attached hydrogens (tertiary/aromatic N) is 6. The second kappa shape index (κ2) is 4.52. The van der Waals surface area contributed by atoms with Gasteiger partial charge in [0, 0.05) is 31.7 Å². The Morgan fingerprint density at radius 3 is 2.84 bits per heavy atom. The van der Waals surface area contributed by atoms with Gasteiger partial charge in [-0.25, -0.2) is 9.67 Å². The molecule has 0 unspecified atom stereocenters. The van der Waals surface area contributed by atoms with Crippen LogP contribution in [0.5, 0.6) is 0 Å². The smallest absolute Gasteiger partial charge is 0.229 e. The number of aromatic nitrogens is 6. The van der Waals surface area contributed by atoms with Gasteiger partial charge < -0.3 is 5.32 Å². The number of rotatable bonds is 3. The molecule has 3 heterocycles.